The molecule has 6 heteroatoms. The van der Waals surface area contributed by atoms with Crippen molar-refractivity contribution >= 4 is 28.5 Å². The summed E-state index contributed by atoms with van der Waals surface area (Å²) in [6.07, 6.45) is 0.0998. The van der Waals surface area contributed by atoms with Gasteiger partial charge >= 0.3 is 6.09 Å². The van der Waals surface area contributed by atoms with E-state index in [9.17, 15) is 4.79 Å². The molecule has 0 unspecified atom stereocenters. The number of carbonyl (C=O) groups is 1. The predicted octanol–water partition coefficient (Wildman–Crippen LogP) is 4.34. The average Bonchev–Trinajstić information content (AvgIpc) is 3.24. The maximum atomic E-state index is 10.8. The first-order chi connectivity index (χ1) is 12.2. The van der Waals surface area contributed by atoms with Gasteiger partial charge in [-0.1, -0.05) is 30.3 Å². The topological polar surface area (TPSA) is 81.0 Å². The summed E-state index contributed by atoms with van der Waals surface area (Å²) in [5, 5.41) is 2.09. The van der Waals surface area contributed by atoms with Gasteiger partial charge in [0.15, 0.2) is 0 Å². The van der Waals surface area contributed by atoms with E-state index in [2.05, 4.69) is 51.7 Å². The van der Waals surface area contributed by atoms with Crippen LogP contribution in [0.1, 0.15) is 10.4 Å². The summed E-state index contributed by atoms with van der Waals surface area (Å²) in [5.74, 6) is 1.15. The summed E-state index contributed by atoms with van der Waals surface area (Å²) in [4.78, 5) is 20.0. The number of rotatable bonds is 4. The van der Waals surface area contributed by atoms with Crippen molar-refractivity contribution in [2.75, 3.05) is 0 Å². The number of carbonyl (C=O) groups excluding carboxylic acids is 1. The lowest BCUT2D eigenvalue weighted by Crippen LogP contribution is -2.16. The lowest BCUT2D eigenvalue weighted by atomic mass is 10.1. The second kappa shape index (κ2) is 6.41. The highest BCUT2D eigenvalue weighted by atomic mass is 32.1. The molecule has 0 radical (unpaired) electrons. The molecular weight excluding hydrogens is 334 g/mol. The number of aromatic amines is 1. The number of nitrogens with zero attached hydrogens (tertiary/aromatic N) is 1. The van der Waals surface area contributed by atoms with Crippen molar-refractivity contribution in [3.8, 4) is 17.1 Å². The fourth-order valence-electron chi connectivity index (χ4n) is 2.70. The van der Waals surface area contributed by atoms with Crippen molar-refractivity contribution in [3.05, 3.63) is 70.4 Å². The summed E-state index contributed by atoms with van der Waals surface area (Å²) < 4.78 is 4.89. The van der Waals surface area contributed by atoms with Crippen LogP contribution in [0.3, 0.4) is 0 Å². The number of ether oxygens (including phenoxy) is 1. The molecule has 1 amide bonds. The van der Waals surface area contributed by atoms with E-state index in [1.54, 1.807) is 23.5 Å². The van der Waals surface area contributed by atoms with E-state index in [0.717, 1.165) is 28.8 Å². The number of fused-ring (bicyclic) bond motifs is 1. The summed E-state index contributed by atoms with van der Waals surface area (Å²) in [6.45, 7) is 0. The zero-order valence-electron chi connectivity index (χ0n) is 13.2. The van der Waals surface area contributed by atoms with Crippen molar-refractivity contribution in [3.63, 3.8) is 0 Å². The first-order valence-corrected chi connectivity index (χ1v) is 8.64. The number of thiophene rings is 1. The van der Waals surface area contributed by atoms with Gasteiger partial charge in [-0.15, -0.1) is 11.3 Å². The maximum Gasteiger partial charge on any atom is 0.409 e. The molecule has 0 aliphatic rings. The summed E-state index contributed by atoms with van der Waals surface area (Å²) >= 11 is 1.76. The van der Waals surface area contributed by atoms with E-state index in [1.807, 2.05) is 6.07 Å². The molecule has 0 aliphatic carbocycles. The molecule has 5 nitrogen and oxygen atoms in total. The minimum atomic E-state index is -0.837. The Labute approximate surface area is 148 Å². The van der Waals surface area contributed by atoms with E-state index in [1.165, 1.54) is 10.4 Å². The van der Waals surface area contributed by atoms with E-state index in [-0.39, 0.29) is 0 Å². The van der Waals surface area contributed by atoms with Gasteiger partial charge in [-0.2, -0.15) is 0 Å². The highest BCUT2D eigenvalue weighted by Crippen LogP contribution is 2.25. The Morgan fingerprint density at radius 3 is 2.72 bits per heavy atom. The van der Waals surface area contributed by atoms with Crippen LogP contribution in [0.15, 0.2) is 60.0 Å². The minimum Gasteiger partial charge on any atom is -0.410 e. The molecule has 4 rings (SSSR count). The van der Waals surface area contributed by atoms with Crippen LogP contribution in [0.2, 0.25) is 0 Å². The van der Waals surface area contributed by atoms with Crippen LogP contribution in [-0.2, 0) is 6.42 Å². The van der Waals surface area contributed by atoms with Crippen LogP contribution in [-0.4, -0.2) is 16.1 Å². The molecule has 124 valence electrons. The van der Waals surface area contributed by atoms with Crippen LogP contribution in [0, 0.1) is 0 Å². The van der Waals surface area contributed by atoms with Crippen molar-refractivity contribution < 1.29 is 9.53 Å². The highest BCUT2D eigenvalue weighted by Gasteiger charge is 2.08. The lowest BCUT2D eigenvalue weighted by molar-refractivity contribution is 0.211. The smallest absolute Gasteiger partial charge is 0.409 e. The predicted molar refractivity (Wildman–Crippen MR) is 98.9 cm³/mol. The van der Waals surface area contributed by atoms with Gasteiger partial charge in [-0.3, -0.25) is 0 Å². The normalized spacial score (nSPS) is 10.9. The number of primary amides is 1. The van der Waals surface area contributed by atoms with Crippen LogP contribution in [0.4, 0.5) is 4.79 Å². The molecule has 0 saturated heterocycles. The van der Waals surface area contributed by atoms with Gasteiger partial charge in [0.25, 0.3) is 0 Å². The number of nitrogens with one attached hydrogen (secondary N) is 1. The third-order valence-electron chi connectivity index (χ3n) is 3.86. The van der Waals surface area contributed by atoms with Gasteiger partial charge < -0.3 is 15.5 Å². The monoisotopic (exact) mass is 349 g/mol. The summed E-state index contributed by atoms with van der Waals surface area (Å²) in [5.41, 5.74) is 8.89. The summed E-state index contributed by atoms with van der Waals surface area (Å²) in [6, 6.07) is 17.7. The fourth-order valence-corrected chi connectivity index (χ4v) is 3.44. The van der Waals surface area contributed by atoms with Gasteiger partial charge in [0.2, 0.25) is 0 Å². The Bertz CT molecular complexity index is 1020. The Morgan fingerprint density at radius 2 is 2.00 bits per heavy atom. The van der Waals surface area contributed by atoms with Gasteiger partial charge in [0, 0.05) is 22.9 Å². The quantitative estimate of drug-likeness (QED) is 0.575. The number of nitrogens with two attached hydrogens (primary N) is 1. The molecule has 2 aromatic carbocycles. The zero-order chi connectivity index (χ0) is 17.2. The van der Waals surface area contributed by atoms with E-state index < -0.39 is 6.09 Å². The molecule has 0 bridgehead atoms. The molecule has 0 saturated carbocycles. The van der Waals surface area contributed by atoms with Crippen LogP contribution in [0.25, 0.3) is 22.4 Å². The molecule has 0 aliphatic heterocycles. The Kier molecular flexibility index (Phi) is 3.95. The van der Waals surface area contributed by atoms with E-state index in [0.29, 0.717) is 5.75 Å². The molecule has 0 spiro atoms. The van der Waals surface area contributed by atoms with Crippen LogP contribution in [0.5, 0.6) is 5.75 Å². The van der Waals surface area contributed by atoms with Crippen molar-refractivity contribution in [1.82, 2.24) is 9.97 Å². The number of H-pyrrole nitrogens is 1. The highest BCUT2D eigenvalue weighted by molar-refractivity contribution is 7.09. The minimum absolute atomic E-state index is 0.379. The number of hydrogen-bond donors (Lipinski definition) is 2. The number of aromatic nitrogens is 2. The van der Waals surface area contributed by atoms with Crippen molar-refractivity contribution in [2.24, 2.45) is 5.73 Å². The molecule has 25 heavy (non-hydrogen) atoms. The number of amides is 1. The standard InChI is InChI=1S/C19H15N3O2S/c20-19(23)24-14-7-8-16-17(11-14)22-18(21-16)13-5-3-12(4-6-13)10-15-2-1-9-25-15/h1-9,11H,10H2,(H2,20,23)(H,21,22). The van der Waals surface area contributed by atoms with Gasteiger partial charge in [-0.05, 0) is 29.1 Å². The molecule has 0 fully saturated rings. The second-order valence-corrected chi connectivity index (χ2v) is 6.67. The molecule has 0 atom stereocenters. The molecule has 2 aromatic heterocycles. The third kappa shape index (κ3) is 3.39. The largest absolute Gasteiger partial charge is 0.410 e. The van der Waals surface area contributed by atoms with E-state index >= 15 is 0 Å². The number of imidazole rings is 1. The van der Waals surface area contributed by atoms with Crippen LogP contribution >= 0.6 is 11.3 Å². The molecule has 4 aromatic rings. The number of benzene rings is 2. The lowest BCUT2D eigenvalue weighted by Gasteiger charge is -2.01. The van der Waals surface area contributed by atoms with Gasteiger partial charge in [-0.25, -0.2) is 9.78 Å². The first-order valence-electron chi connectivity index (χ1n) is 7.76. The Hall–Kier alpha value is -3.12. The summed E-state index contributed by atoms with van der Waals surface area (Å²) in [7, 11) is 0. The Morgan fingerprint density at radius 1 is 1.16 bits per heavy atom. The number of hydrogen-bond acceptors (Lipinski definition) is 4. The first kappa shape index (κ1) is 15.4. The molecular formula is C19H15N3O2S. The van der Waals surface area contributed by atoms with Crippen molar-refractivity contribution in [2.45, 2.75) is 6.42 Å². The molecule has 3 N–H and O–H groups in total. The van der Waals surface area contributed by atoms with E-state index in [4.69, 9.17) is 10.5 Å². The van der Waals surface area contributed by atoms with Crippen molar-refractivity contribution in [1.29, 1.82) is 0 Å². The average molecular weight is 349 g/mol. The molecule has 2 heterocycles. The van der Waals surface area contributed by atoms with Gasteiger partial charge in [0.05, 0.1) is 11.0 Å². The zero-order valence-corrected chi connectivity index (χ0v) is 14.0. The van der Waals surface area contributed by atoms with Crippen LogP contribution < -0.4 is 10.5 Å². The fraction of sp³-hybridized carbons (Fsp3) is 0.0526. The third-order valence-corrected chi connectivity index (χ3v) is 4.74. The van der Waals surface area contributed by atoms with Gasteiger partial charge in [0.1, 0.15) is 11.6 Å². The second-order valence-electron chi connectivity index (χ2n) is 5.64. The Balaban J connectivity index is 1.59. The maximum absolute atomic E-state index is 10.8. The SMILES string of the molecule is NC(=O)Oc1ccc2[nH]c(-c3ccc(Cc4cccs4)cc3)nc2c1.